The molecule has 180 valence electrons. The summed E-state index contributed by atoms with van der Waals surface area (Å²) in [7, 11) is 0. The molecule has 0 aliphatic carbocycles. The van der Waals surface area contributed by atoms with Crippen molar-refractivity contribution in [1.82, 2.24) is 20.3 Å². The van der Waals surface area contributed by atoms with Crippen LogP contribution >= 0.6 is 0 Å². The molecule has 5 aromatic rings. The van der Waals surface area contributed by atoms with Crippen LogP contribution in [-0.2, 0) is 6.54 Å². The van der Waals surface area contributed by atoms with Crippen LogP contribution in [0.25, 0.3) is 22.6 Å². The van der Waals surface area contributed by atoms with Gasteiger partial charge in [0.15, 0.2) is 5.82 Å². The van der Waals surface area contributed by atoms with Crippen LogP contribution in [0.3, 0.4) is 0 Å². The lowest BCUT2D eigenvalue weighted by Crippen LogP contribution is -1.98. The number of benzene rings is 2. The van der Waals surface area contributed by atoms with E-state index in [0.29, 0.717) is 22.6 Å². The zero-order valence-electron chi connectivity index (χ0n) is 19.0. The van der Waals surface area contributed by atoms with Gasteiger partial charge in [0.2, 0.25) is 17.1 Å². The number of fused-ring (bicyclic) bond motifs is 1. The summed E-state index contributed by atoms with van der Waals surface area (Å²) in [5.74, 6) is 0.600. The van der Waals surface area contributed by atoms with Crippen molar-refractivity contribution in [2.45, 2.75) is 20.4 Å². The van der Waals surface area contributed by atoms with Gasteiger partial charge in [-0.1, -0.05) is 12.1 Å². The van der Waals surface area contributed by atoms with Crippen LogP contribution in [0.2, 0.25) is 0 Å². The molecule has 0 radical (unpaired) electrons. The Bertz CT molecular complexity index is 1630. The van der Waals surface area contributed by atoms with Crippen LogP contribution in [-0.4, -0.2) is 25.2 Å². The van der Waals surface area contributed by atoms with E-state index in [4.69, 9.17) is 4.42 Å². The molecule has 5 rings (SSSR count). The molecule has 0 fully saturated rings. The van der Waals surface area contributed by atoms with Crippen LogP contribution in [0.15, 0.2) is 67.8 Å². The number of hydrogen-bond donors (Lipinski definition) is 1. The third-order valence-electron chi connectivity index (χ3n) is 5.26. The number of aryl methyl sites for hydroxylation is 1. The highest BCUT2D eigenvalue weighted by atomic mass is 19.1. The second kappa shape index (κ2) is 9.29. The Morgan fingerprint density at radius 2 is 1.86 bits per heavy atom. The Morgan fingerprint density at radius 1 is 1.08 bits per heavy atom. The number of nitro groups is 1. The average molecular weight is 488 g/mol. The van der Waals surface area contributed by atoms with Gasteiger partial charge in [-0.3, -0.25) is 10.1 Å². The second-order valence-corrected chi connectivity index (χ2v) is 7.79. The molecule has 0 saturated carbocycles. The summed E-state index contributed by atoms with van der Waals surface area (Å²) in [5, 5.41) is 29.7. The molecule has 0 bridgehead atoms. The van der Waals surface area contributed by atoms with Crippen molar-refractivity contribution in [3.05, 3.63) is 81.3 Å². The summed E-state index contributed by atoms with van der Waals surface area (Å²) in [6.45, 7) is 3.50. The van der Waals surface area contributed by atoms with E-state index >= 15 is 0 Å². The maximum Gasteiger partial charge on any atom is 0.273 e. The number of azo groups is 1. The van der Waals surface area contributed by atoms with E-state index in [0.717, 1.165) is 5.56 Å². The molecule has 0 saturated heterocycles. The van der Waals surface area contributed by atoms with Crippen molar-refractivity contribution in [3.63, 3.8) is 0 Å². The third kappa shape index (κ3) is 4.49. The first-order chi connectivity index (χ1) is 17.4. The number of nitrogens with one attached hydrogen (secondary N) is 1. The minimum absolute atomic E-state index is 0.0221. The van der Waals surface area contributed by atoms with Crippen molar-refractivity contribution < 1.29 is 18.4 Å². The largest absolute Gasteiger partial charge is 0.459 e. The predicted octanol–water partition coefficient (Wildman–Crippen LogP) is 5.96. The highest BCUT2D eigenvalue weighted by molar-refractivity contribution is 5.74. The Morgan fingerprint density at radius 3 is 2.64 bits per heavy atom. The first kappa shape index (κ1) is 22.7. The number of aromatic nitrogens is 4. The molecule has 0 aliphatic rings. The van der Waals surface area contributed by atoms with Gasteiger partial charge in [-0.15, -0.1) is 5.11 Å². The van der Waals surface area contributed by atoms with Gasteiger partial charge in [0, 0.05) is 17.2 Å². The van der Waals surface area contributed by atoms with Crippen molar-refractivity contribution in [2.24, 2.45) is 10.2 Å². The number of rotatable bonds is 7. The second-order valence-electron chi connectivity index (χ2n) is 7.79. The van der Waals surface area contributed by atoms with Crippen LogP contribution in [0, 0.1) is 29.8 Å². The Hall–Kier alpha value is -5.07. The number of nitrogens with zero attached hydrogens (tertiary/aromatic N) is 7. The highest BCUT2D eigenvalue weighted by Gasteiger charge is 2.18. The monoisotopic (exact) mass is 488 g/mol. The zero-order chi connectivity index (χ0) is 25.2. The van der Waals surface area contributed by atoms with Gasteiger partial charge in [-0.05, 0) is 60.1 Å². The van der Waals surface area contributed by atoms with E-state index in [2.05, 4.69) is 40.5 Å². The van der Waals surface area contributed by atoms with E-state index in [-0.39, 0.29) is 40.8 Å². The molecular weight excluding hydrogens is 471 g/mol. The molecule has 13 heteroatoms. The smallest absolute Gasteiger partial charge is 0.273 e. The minimum atomic E-state index is -0.490. The SMILES string of the molecule is Cc1cc(-c2ccc(CN=Nc3nc4nonc4nc3Nc3ccccc3F)o2)c(C)c([N+](=O)[O-])c1. The number of anilines is 2. The molecule has 3 aromatic heterocycles. The standard InChI is InChI=1S/C23H17FN8O4/c1-12-9-15(13(2)18(10-12)32(33)34)19-8-7-14(35-19)11-25-29-21-20(26-17-6-4-3-5-16(17)24)27-22-23(28-21)31-36-30-22/h3-10H,11H2,1-2H3,(H,26,27,30). The number of para-hydroxylation sites is 1. The van der Waals surface area contributed by atoms with Crippen molar-refractivity contribution >= 4 is 34.3 Å². The van der Waals surface area contributed by atoms with E-state index in [9.17, 15) is 14.5 Å². The van der Waals surface area contributed by atoms with Gasteiger partial charge in [0.25, 0.3) is 5.69 Å². The molecule has 2 aromatic carbocycles. The maximum atomic E-state index is 14.1. The van der Waals surface area contributed by atoms with Gasteiger partial charge in [0.05, 0.1) is 10.6 Å². The summed E-state index contributed by atoms with van der Waals surface area (Å²) in [5.41, 5.74) is 2.28. The van der Waals surface area contributed by atoms with Gasteiger partial charge in [-0.25, -0.2) is 14.0 Å². The lowest BCUT2D eigenvalue weighted by Gasteiger charge is -2.07. The summed E-state index contributed by atoms with van der Waals surface area (Å²) in [4.78, 5) is 19.4. The molecule has 0 amide bonds. The molecule has 0 aliphatic heterocycles. The highest BCUT2D eigenvalue weighted by Crippen LogP contribution is 2.33. The van der Waals surface area contributed by atoms with E-state index in [1.165, 1.54) is 18.2 Å². The molecule has 0 atom stereocenters. The fourth-order valence-corrected chi connectivity index (χ4v) is 3.54. The summed E-state index contributed by atoms with van der Waals surface area (Å²) in [6, 6.07) is 12.8. The van der Waals surface area contributed by atoms with E-state index < -0.39 is 10.7 Å². The first-order valence-electron chi connectivity index (χ1n) is 10.6. The molecule has 1 N–H and O–H groups in total. The molecule has 12 nitrogen and oxygen atoms in total. The van der Waals surface area contributed by atoms with Crippen molar-refractivity contribution in [3.8, 4) is 11.3 Å². The summed E-state index contributed by atoms with van der Waals surface area (Å²) in [6.07, 6.45) is 0. The lowest BCUT2D eigenvalue weighted by atomic mass is 10.0. The molecule has 36 heavy (non-hydrogen) atoms. The number of nitro benzene ring substituents is 1. The van der Waals surface area contributed by atoms with Crippen LogP contribution in [0.5, 0.6) is 0 Å². The number of hydrogen-bond acceptors (Lipinski definition) is 11. The lowest BCUT2D eigenvalue weighted by molar-refractivity contribution is -0.385. The molecular formula is C23H17FN8O4. The zero-order valence-corrected chi connectivity index (χ0v) is 19.0. The molecule has 3 heterocycles. The van der Waals surface area contributed by atoms with Crippen LogP contribution in [0.4, 0.5) is 27.4 Å². The fourth-order valence-electron chi connectivity index (χ4n) is 3.54. The van der Waals surface area contributed by atoms with E-state index in [1.807, 2.05) is 6.07 Å². The fraction of sp³-hybridized carbons (Fsp3) is 0.130. The quantitative estimate of drug-likeness (QED) is 0.166. The third-order valence-corrected chi connectivity index (χ3v) is 5.26. The molecule has 0 spiro atoms. The van der Waals surface area contributed by atoms with Gasteiger partial charge < -0.3 is 9.73 Å². The number of halogens is 1. The van der Waals surface area contributed by atoms with Crippen molar-refractivity contribution in [2.75, 3.05) is 5.32 Å². The maximum absolute atomic E-state index is 14.1. The average Bonchev–Trinajstić information content (AvgIpc) is 3.51. The van der Waals surface area contributed by atoms with E-state index in [1.54, 1.807) is 38.1 Å². The van der Waals surface area contributed by atoms with Crippen LogP contribution < -0.4 is 5.32 Å². The normalized spacial score (nSPS) is 11.4. The summed E-state index contributed by atoms with van der Waals surface area (Å²) >= 11 is 0. The molecule has 0 unspecified atom stereocenters. The Labute approximate surface area is 202 Å². The topological polar surface area (TPSA) is 158 Å². The summed E-state index contributed by atoms with van der Waals surface area (Å²) < 4.78 is 24.7. The minimum Gasteiger partial charge on any atom is -0.459 e. The first-order valence-corrected chi connectivity index (χ1v) is 10.6. The van der Waals surface area contributed by atoms with Gasteiger partial charge >= 0.3 is 0 Å². The van der Waals surface area contributed by atoms with Crippen LogP contribution in [0.1, 0.15) is 16.9 Å². The Balaban J connectivity index is 1.40. The number of furan rings is 1. The van der Waals surface area contributed by atoms with Crippen molar-refractivity contribution in [1.29, 1.82) is 0 Å². The predicted molar refractivity (Wildman–Crippen MR) is 126 cm³/mol. The van der Waals surface area contributed by atoms with Gasteiger partial charge in [-0.2, -0.15) is 10.1 Å². The Kier molecular flexibility index (Phi) is 5.86. The van der Waals surface area contributed by atoms with Gasteiger partial charge in [0.1, 0.15) is 23.9 Å².